The molecule has 3 nitrogen and oxygen atoms in total. The van der Waals surface area contributed by atoms with Crippen LogP contribution in [0.1, 0.15) is 11.1 Å². The van der Waals surface area contributed by atoms with E-state index in [9.17, 15) is 8.78 Å². The summed E-state index contributed by atoms with van der Waals surface area (Å²) in [5, 5.41) is 8.70. The Morgan fingerprint density at radius 2 is 2.00 bits per heavy atom. The van der Waals surface area contributed by atoms with Crippen molar-refractivity contribution in [2.24, 2.45) is 0 Å². The summed E-state index contributed by atoms with van der Waals surface area (Å²) in [6.07, 6.45) is 0. The molecule has 2 rings (SSSR count). The average Bonchev–Trinajstić information content (AvgIpc) is 2.41. The zero-order valence-corrected chi connectivity index (χ0v) is 9.86. The number of hydrogen-bond acceptors (Lipinski definition) is 3. The van der Waals surface area contributed by atoms with Crippen LogP contribution in [0, 0.1) is 23.0 Å². The van der Waals surface area contributed by atoms with Crippen molar-refractivity contribution in [3.05, 3.63) is 59.2 Å². The van der Waals surface area contributed by atoms with Gasteiger partial charge in [-0.1, -0.05) is 12.1 Å². The number of nitriles is 1. The van der Waals surface area contributed by atoms with Gasteiger partial charge in [0.15, 0.2) is 0 Å². The molecule has 0 amide bonds. The van der Waals surface area contributed by atoms with Gasteiger partial charge in [-0.2, -0.15) is 5.26 Å². The van der Waals surface area contributed by atoms with Crippen molar-refractivity contribution in [3.63, 3.8) is 0 Å². The van der Waals surface area contributed by atoms with Crippen molar-refractivity contribution in [1.82, 2.24) is 0 Å². The van der Waals surface area contributed by atoms with Crippen LogP contribution in [0.5, 0.6) is 5.75 Å². The maximum Gasteiger partial charge on any atom is 0.149 e. The molecular weight excluding hydrogens is 250 g/mol. The first kappa shape index (κ1) is 12.8. The Morgan fingerprint density at radius 3 is 2.68 bits per heavy atom. The Hall–Kier alpha value is -2.61. The summed E-state index contributed by atoms with van der Waals surface area (Å²) >= 11 is 0. The summed E-state index contributed by atoms with van der Waals surface area (Å²) in [6, 6.07) is 10.2. The van der Waals surface area contributed by atoms with Crippen LogP contribution < -0.4 is 10.5 Å². The molecule has 2 aromatic carbocycles. The highest BCUT2D eigenvalue weighted by atomic mass is 19.1. The highest BCUT2D eigenvalue weighted by Crippen LogP contribution is 2.20. The molecule has 0 heterocycles. The molecule has 0 atom stereocenters. The predicted molar refractivity (Wildman–Crippen MR) is 66.3 cm³/mol. The fourth-order valence-corrected chi connectivity index (χ4v) is 1.54. The summed E-state index contributed by atoms with van der Waals surface area (Å²) in [4.78, 5) is 0. The number of halogens is 2. The fraction of sp³-hybridized carbons (Fsp3) is 0.0714. The Kier molecular flexibility index (Phi) is 3.62. The van der Waals surface area contributed by atoms with Gasteiger partial charge in [-0.05, 0) is 18.2 Å². The SMILES string of the molecule is N#Cc1cccc(COc2ccc(N)c(F)c2)c1F. The third kappa shape index (κ3) is 2.80. The molecule has 0 fully saturated rings. The van der Waals surface area contributed by atoms with Crippen LogP contribution in [0.3, 0.4) is 0 Å². The lowest BCUT2D eigenvalue weighted by Gasteiger charge is -2.08. The van der Waals surface area contributed by atoms with Crippen LogP contribution in [0.2, 0.25) is 0 Å². The van der Waals surface area contributed by atoms with Gasteiger partial charge >= 0.3 is 0 Å². The van der Waals surface area contributed by atoms with Crippen LogP contribution in [0.4, 0.5) is 14.5 Å². The molecule has 0 saturated carbocycles. The van der Waals surface area contributed by atoms with Crippen LogP contribution in [0.25, 0.3) is 0 Å². The minimum Gasteiger partial charge on any atom is -0.489 e. The van der Waals surface area contributed by atoms with Crippen LogP contribution >= 0.6 is 0 Å². The number of ether oxygens (including phenoxy) is 1. The highest BCUT2D eigenvalue weighted by molar-refractivity contribution is 5.43. The molecule has 0 bridgehead atoms. The summed E-state index contributed by atoms with van der Waals surface area (Å²) in [7, 11) is 0. The second kappa shape index (κ2) is 5.36. The van der Waals surface area contributed by atoms with Gasteiger partial charge in [0, 0.05) is 11.6 Å². The van der Waals surface area contributed by atoms with Gasteiger partial charge in [0.05, 0.1) is 11.3 Å². The van der Waals surface area contributed by atoms with Gasteiger partial charge in [0.25, 0.3) is 0 Å². The van der Waals surface area contributed by atoms with Crippen molar-refractivity contribution in [2.75, 3.05) is 5.73 Å². The Bertz CT molecular complexity index is 650. The van der Waals surface area contributed by atoms with E-state index in [1.54, 1.807) is 12.1 Å². The molecule has 0 radical (unpaired) electrons. The average molecular weight is 260 g/mol. The van der Waals surface area contributed by atoms with Crippen molar-refractivity contribution < 1.29 is 13.5 Å². The van der Waals surface area contributed by atoms with Gasteiger partial charge in [0.2, 0.25) is 0 Å². The van der Waals surface area contributed by atoms with E-state index in [4.69, 9.17) is 15.7 Å². The molecule has 2 N–H and O–H groups in total. The largest absolute Gasteiger partial charge is 0.489 e. The van der Waals surface area contributed by atoms with Gasteiger partial charge in [0.1, 0.15) is 30.1 Å². The van der Waals surface area contributed by atoms with Crippen LogP contribution in [-0.2, 0) is 6.61 Å². The zero-order valence-electron chi connectivity index (χ0n) is 9.86. The number of benzene rings is 2. The van der Waals surface area contributed by atoms with E-state index in [0.29, 0.717) is 0 Å². The standard InChI is InChI=1S/C14H10F2N2O/c15-12-6-11(4-5-13(12)18)19-8-10-3-1-2-9(7-17)14(10)16/h1-6H,8,18H2. The Balaban J connectivity index is 2.15. The number of nitrogens with two attached hydrogens (primary N) is 1. The first-order valence-corrected chi connectivity index (χ1v) is 5.47. The van der Waals surface area contributed by atoms with Gasteiger partial charge in [-0.15, -0.1) is 0 Å². The molecule has 0 saturated heterocycles. The highest BCUT2D eigenvalue weighted by Gasteiger charge is 2.08. The summed E-state index contributed by atoms with van der Waals surface area (Å²) in [6.45, 7) is -0.0925. The molecular formula is C14H10F2N2O. The van der Waals surface area contributed by atoms with E-state index in [2.05, 4.69) is 0 Å². The molecule has 0 aliphatic carbocycles. The molecule has 0 unspecified atom stereocenters. The summed E-state index contributed by atoms with van der Waals surface area (Å²) in [5.74, 6) is -0.974. The molecule has 0 spiro atoms. The van der Waals surface area contributed by atoms with Gasteiger partial charge in [-0.25, -0.2) is 8.78 Å². The topological polar surface area (TPSA) is 59.0 Å². The van der Waals surface area contributed by atoms with Gasteiger partial charge < -0.3 is 10.5 Å². The predicted octanol–water partition coefficient (Wildman–Crippen LogP) is 3.00. The number of rotatable bonds is 3. The molecule has 5 heteroatoms. The number of anilines is 1. The number of nitrogen functional groups attached to an aromatic ring is 1. The minimum absolute atomic E-state index is 0.0185. The third-order valence-corrected chi connectivity index (χ3v) is 2.57. The van der Waals surface area contributed by atoms with E-state index < -0.39 is 11.6 Å². The Morgan fingerprint density at radius 1 is 1.21 bits per heavy atom. The van der Waals surface area contributed by atoms with E-state index >= 15 is 0 Å². The van der Waals surface area contributed by atoms with Gasteiger partial charge in [-0.3, -0.25) is 0 Å². The van der Waals surface area contributed by atoms with E-state index in [-0.39, 0.29) is 29.2 Å². The number of nitrogens with zero attached hydrogens (tertiary/aromatic N) is 1. The van der Waals surface area contributed by atoms with Crippen LogP contribution in [-0.4, -0.2) is 0 Å². The van der Waals surface area contributed by atoms with E-state index in [1.807, 2.05) is 0 Å². The first-order valence-electron chi connectivity index (χ1n) is 5.47. The fourth-order valence-electron chi connectivity index (χ4n) is 1.54. The minimum atomic E-state index is -0.624. The van der Waals surface area contributed by atoms with Crippen molar-refractivity contribution in [3.8, 4) is 11.8 Å². The second-order valence-corrected chi connectivity index (χ2v) is 3.86. The van der Waals surface area contributed by atoms with Crippen molar-refractivity contribution in [2.45, 2.75) is 6.61 Å². The zero-order chi connectivity index (χ0) is 13.8. The molecule has 96 valence electrons. The number of hydrogen-bond donors (Lipinski definition) is 1. The van der Waals surface area contributed by atoms with Crippen molar-refractivity contribution in [1.29, 1.82) is 5.26 Å². The second-order valence-electron chi connectivity index (χ2n) is 3.86. The quantitative estimate of drug-likeness (QED) is 0.863. The third-order valence-electron chi connectivity index (χ3n) is 2.57. The van der Waals surface area contributed by atoms with E-state index in [1.165, 1.54) is 24.3 Å². The lowest BCUT2D eigenvalue weighted by Crippen LogP contribution is -2.01. The molecule has 0 aliphatic heterocycles. The maximum absolute atomic E-state index is 13.7. The smallest absolute Gasteiger partial charge is 0.149 e. The summed E-state index contributed by atoms with van der Waals surface area (Å²) < 4.78 is 32.2. The lowest BCUT2D eigenvalue weighted by atomic mass is 10.1. The normalized spacial score (nSPS) is 9.95. The van der Waals surface area contributed by atoms with Crippen LogP contribution in [0.15, 0.2) is 36.4 Å². The molecule has 0 aliphatic rings. The molecule has 2 aromatic rings. The first-order chi connectivity index (χ1) is 9.11. The molecule has 19 heavy (non-hydrogen) atoms. The van der Waals surface area contributed by atoms with E-state index in [0.717, 1.165) is 6.07 Å². The van der Waals surface area contributed by atoms with Crippen molar-refractivity contribution >= 4 is 5.69 Å². The Labute approximate surface area is 108 Å². The summed E-state index contributed by atoms with van der Waals surface area (Å²) in [5.41, 5.74) is 5.53. The lowest BCUT2D eigenvalue weighted by molar-refractivity contribution is 0.298. The maximum atomic E-state index is 13.7. The molecule has 0 aromatic heterocycles. The monoisotopic (exact) mass is 260 g/mol.